The van der Waals surface area contributed by atoms with Gasteiger partial charge >= 0.3 is 5.97 Å². The number of aliphatic carboxylic acids is 1. The van der Waals surface area contributed by atoms with Gasteiger partial charge in [0.2, 0.25) is 0 Å². The molecule has 0 aliphatic heterocycles. The van der Waals surface area contributed by atoms with E-state index in [9.17, 15) is 4.79 Å². The van der Waals surface area contributed by atoms with Crippen molar-refractivity contribution < 1.29 is 9.90 Å². The van der Waals surface area contributed by atoms with Crippen LogP contribution in [-0.2, 0) is 4.79 Å². The quantitative estimate of drug-likeness (QED) is 0.879. The summed E-state index contributed by atoms with van der Waals surface area (Å²) in [5, 5.41) is 13.6. The van der Waals surface area contributed by atoms with Gasteiger partial charge in [0, 0.05) is 22.9 Å². The van der Waals surface area contributed by atoms with Gasteiger partial charge in [0.1, 0.15) is 0 Å². The van der Waals surface area contributed by atoms with Crippen LogP contribution < -0.4 is 0 Å². The average molecular weight is 283 g/mol. The van der Waals surface area contributed by atoms with Crippen molar-refractivity contribution >= 4 is 35.2 Å². The van der Waals surface area contributed by atoms with Crippen molar-refractivity contribution in [1.82, 2.24) is 9.78 Å². The van der Waals surface area contributed by atoms with Gasteiger partial charge in [0.05, 0.1) is 16.9 Å². The normalized spacial score (nSPS) is 11.0. The first-order chi connectivity index (χ1) is 8.58. The Morgan fingerprint density at radius 3 is 2.78 bits per heavy atom. The number of carboxylic acid groups (broad SMARTS) is 1. The van der Waals surface area contributed by atoms with E-state index in [0.29, 0.717) is 21.3 Å². The van der Waals surface area contributed by atoms with Crippen LogP contribution in [0.5, 0.6) is 0 Å². The molecule has 1 aromatic heterocycles. The number of hydrogen-bond acceptors (Lipinski definition) is 2. The molecule has 0 aliphatic rings. The summed E-state index contributed by atoms with van der Waals surface area (Å²) in [6.45, 7) is 0. The van der Waals surface area contributed by atoms with Crippen molar-refractivity contribution in [1.29, 1.82) is 0 Å². The van der Waals surface area contributed by atoms with E-state index in [2.05, 4.69) is 5.10 Å². The van der Waals surface area contributed by atoms with Crippen molar-refractivity contribution in [2.75, 3.05) is 0 Å². The maximum atomic E-state index is 10.6. The molecule has 6 heteroatoms. The van der Waals surface area contributed by atoms with Crippen LogP contribution in [0.2, 0.25) is 10.0 Å². The van der Waals surface area contributed by atoms with E-state index in [0.717, 1.165) is 6.08 Å². The van der Waals surface area contributed by atoms with Crippen LogP contribution in [0.4, 0.5) is 0 Å². The fourth-order valence-electron chi connectivity index (χ4n) is 1.48. The van der Waals surface area contributed by atoms with Gasteiger partial charge in [-0.25, -0.2) is 9.48 Å². The van der Waals surface area contributed by atoms with E-state index in [1.54, 1.807) is 24.4 Å². The van der Waals surface area contributed by atoms with Crippen LogP contribution in [-0.4, -0.2) is 20.9 Å². The van der Waals surface area contributed by atoms with Crippen LogP contribution in [0.15, 0.2) is 36.7 Å². The Hall–Kier alpha value is -1.78. The lowest BCUT2D eigenvalue weighted by molar-refractivity contribution is -0.131. The van der Waals surface area contributed by atoms with Gasteiger partial charge in [-0.3, -0.25) is 0 Å². The largest absolute Gasteiger partial charge is 0.478 e. The Morgan fingerprint density at radius 1 is 1.39 bits per heavy atom. The van der Waals surface area contributed by atoms with Crippen molar-refractivity contribution in [2.45, 2.75) is 0 Å². The number of benzene rings is 1. The topological polar surface area (TPSA) is 55.1 Å². The molecule has 0 amide bonds. The van der Waals surface area contributed by atoms with E-state index < -0.39 is 5.97 Å². The first-order valence-corrected chi connectivity index (χ1v) is 5.73. The third kappa shape index (κ3) is 2.72. The minimum absolute atomic E-state index is 0.441. The zero-order valence-corrected chi connectivity index (χ0v) is 10.6. The molecule has 0 fully saturated rings. The molecule has 92 valence electrons. The van der Waals surface area contributed by atoms with Crippen LogP contribution in [0, 0.1) is 0 Å². The monoisotopic (exact) mass is 282 g/mol. The van der Waals surface area contributed by atoms with Crippen LogP contribution in [0.25, 0.3) is 11.8 Å². The molecule has 4 nitrogen and oxygen atoms in total. The fourth-order valence-corrected chi connectivity index (χ4v) is 1.85. The molecule has 0 aliphatic carbocycles. The summed E-state index contributed by atoms with van der Waals surface area (Å²) in [6, 6.07) is 5.21. The number of hydrogen-bond donors (Lipinski definition) is 1. The third-order valence-electron chi connectivity index (χ3n) is 2.22. The highest BCUT2D eigenvalue weighted by Gasteiger charge is 2.07. The SMILES string of the molecule is O=C(O)/C=C/c1c(Cl)cccc1-n1cc(Cl)cn1. The Morgan fingerprint density at radius 2 is 2.17 bits per heavy atom. The summed E-state index contributed by atoms with van der Waals surface area (Å²) in [4.78, 5) is 10.6. The standard InChI is InChI=1S/C12H8Cl2N2O2/c13-8-6-15-16(7-8)11-3-1-2-10(14)9(11)4-5-12(17)18/h1-7H,(H,17,18)/b5-4+. The first-order valence-electron chi connectivity index (χ1n) is 4.98. The van der Waals surface area contributed by atoms with Crippen LogP contribution in [0.3, 0.4) is 0 Å². The Labute approximate surface area is 113 Å². The smallest absolute Gasteiger partial charge is 0.328 e. The molecule has 2 aromatic rings. The molecular weight excluding hydrogens is 275 g/mol. The molecular formula is C12H8Cl2N2O2. The number of carboxylic acids is 1. The molecule has 0 atom stereocenters. The van der Waals surface area contributed by atoms with Crippen molar-refractivity contribution in [2.24, 2.45) is 0 Å². The van der Waals surface area contributed by atoms with Crippen molar-refractivity contribution in [3.8, 4) is 5.69 Å². The lowest BCUT2D eigenvalue weighted by Crippen LogP contribution is -1.98. The number of nitrogens with zero attached hydrogens (tertiary/aromatic N) is 2. The van der Waals surface area contributed by atoms with Gasteiger partial charge in [0.25, 0.3) is 0 Å². The minimum atomic E-state index is -1.04. The fraction of sp³-hybridized carbons (Fsp3) is 0. The minimum Gasteiger partial charge on any atom is -0.478 e. The highest BCUT2D eigenvalue weighted by Crippen LogP contribution is 2.25. The number of rotatable bonds is 3. The molecule has 0 unspecified atom stereocenters. The second-order valence-corrected chi connectivity index (χ2v) is 4.29. The second kappa shape index (κ2) is 5.25. The Kier molecular flexibility index (Phi) is 3.69. The predicted molar refractivity (Wildman–Crippen MR) is 70.3 cm³/mol. The lowest BCUT2D eigenvalue weighted by Gasteiger charge is -2.07. The van der Waals surface area contributed by atoms with Gasteiger partial charge in [0.15, 0.2) is 0 Å². The summed E-state index contributed by atoms with van der Waals surface area (Å²) in [6.07, 6.45) is 5.56. The summed E-state index contributed by atoms with van der Waals surface area (Å²) >= 11 is 11.9. The van der Waals surface area contributed by atoms with Crippen molar-refractivity contribution in [3.63, 3.8) is 0 Å². The van der Waals surface area contributed by atoms with Gasteiger partial charge in [-0.15, -0.1) is 0 Å². The maximum Gasteiger partial charge on any atom is 0.328 e. The molecule has 0 radical (unpaired) electrons. The summed E-state index contributed by atoms with van der Waals surface area (Å²) < 4.78 is 1.54. The van der Waals surface area contributed by atoms with Gasteiger partial charge in [-0.1, -0.05) is 29.3 Å². The van der Waals surface area contributed by atoms with Gasteiger partial charge < -0.3 is 5.11 Å². The number of carbonyl (C=O) groups is 1. The van der Waals surface area contributed by atoms with Crippen LogP contribution in [0.1, 0.15) is 5.56 Å². The van der Waals surface area contributed by atoms with E-state index in [-0.39, 0.29) is 0 Å². The number of halogens is 2. The third-order valence-corrected chi connectivity index (χ3v) is 2.75. The number of aromatic nitrogens is 2. The highest BCUT2D eigenvalue weighted by atomic mass is 35.5. The van der Waals surface area contributed by atoms with E-state index >= 15 is 0 Å². The first kappa shape index (κ1) is 12.7. The Balaban J connectivity index is 2.54. The molecule has 18 heavy (non-hydrogen) atoms. The molecule has 0 bridgehead atoms. The summed E-state index contributed by atoms with van der Waals surface area (Å²) in [5.41, 5.74) is 1.23. The van der Waals surface area contributed by atoms with Crippen LogP contribution >= 0.6 is 23.2 Å². The maximum absolute atomic E-state index is 10.6. The zero-order valence-electron chi connectivity index (χ0n) is 9.05. The summed E-state index contributed by atoms with van der Waals surface area (Å²) in [7, 11) is 0. The molecule has 0 saturated carbocycles. The van der Waals surface area contributed by atoms with Gasteiger partial charge in [-0.2, -0.15) is 5.10 Å². The second-order valence-electron chi connectivity index (χ2n) is 3.45. The van der Waals surface area contributed by atoms with Gasteiger partial charge in [-0.05, 0) is 18.2 Å². The van der Waals surface area contributed by atoms with E-state index in [1.807, 2.05) is 0 Å². The van der Waals surface area contributed by atoms with E-state index in [4.69, 9.17) is 28.3 Å². The molecule has 1 N–H and O–H groups in total. The molecule has 2 rings (SSSR count). The molecule has 1 aromatic carbocycles. The average Bonchev–Trinajstić information content (AvgIpc) is 2.73. The molecule has 1 heterocycles. The lowest BCUT2D eigenvalue weighted by atomic mass is 10.1. The summed E-state index contributed by atoms with van der Waals surface area (Å²) in [5.74, 6) is -1.04. The predicted octanol–water partition coefficient (Wildman–Crippen LogP) is 3.28. The Bertz CT molecular complexity index is 620. The zero-order chi connectivity index (χ0) is 13.1. The highest BCUT2D eigenvalue weighted by molar-refractivity contribution is 6.32. The molecule has 0 saturated heterocycles. The van der Waals surface area contributed by atoms with Crippen molar-refractivity contribution in [3.05, 3.63) is 52.3 Å². The van der Waals surface area contributed by atoms with E-state index in [1.165, 1.54) is 17.0 Å². The molecule has 0 spiro atoms.